The third kappa shape index (κ3) is 7.76. The lowest BCUT2D eigenvalue weighted by atomic mass is 10.2. The number of pyridine rings is 1. The van der Waals surface area contributed by atoms with Crippen molar-refractivity contribution in [3.05, 3.63) is 126 Å². The lowest BCUT2D eigenvalue weighted by Gasteiger charge is -2.06. The highest BCUT2D eigenvalue weighted by atomic mass is 32.2. The molecule has 3 aromatic carbocycles. The molecule has 0 aliphatic carbocycles. The predicted octanol–water partition coefficient (Wildman–Crippen LogP) is 7.26. The molecule has 0 amide bonds. The molecule has 0 saturated carbocycles. The Labute approximate surface area is 184 Å². The van der Waals surface area contributed by atoms with E-state index in [1.807, 2.05) is 54.5 Å². The van der Waals surface area contributed by atoms with E-state index in [2.05, 4.69) is 79.5 Å². The molecule has 2 nitrogen and oxygen atoms in total. The van der Waals surface area contributed by atoms with Crippen molar-refractivity contribution in [1.82, 2.24) is 4.98 Å². The standard InChI is InChI=1S/C14H14O.C13H13NS/c1-12-7-9-14(10-8-12)15-11-13-5-3-2-4-6-13;1-11-2-4-13(5-3-11)15-10-12-6-8-14-9-7-12/h2-10H,11H2,1H3;2-9H,10H2,1H3. The molecule has 0 unspecified atom stereocenters. The molecule has 30 heavy (non-hydrogen) atoms. The highest BCUT2D eigenvalue weighted by Gasteiger charge is 1.96. The number of ether oxygens (including phenoxy) is 1. The molecule has 0 N–H and O–H groups in total. The molecule has 0 fully saturated rings. The van der Waals surface area contributed by atoms with E-state index in [9.17, 15) is 0 Å². The third-order valence-electron chi connectivity index (χ3n) is 4.45. The van der Waals surface area contributed by atoms with Crippen LogP contribution in [0.1, 0.15) is 22.3 Å². The highest BCUT2D eigenvalue weighted by molar-refractivity contribution is 7.98. The lowest BCUT2D eigenvalue weighted by Crippen LogP contribution is -1.94. The van der Waals surface area contributed by atoms with Crippen molar-refractivity contribution >= 4 is 11.8 Å². The predicted molar refractivity (Wildman–Crippen MR) is 127 cm³/mol. The smallest absolute Gasteiger partial charge is 0.119 e. The van der Waals surface area contributed by atoms with Gasteiger partial charge in [-0.15, -0.1) is 11.8 Å². The maximum atomic E-state index is 5.65. The fourth-order valence-electron chi connectivity index (χ4n) is 2.66. The van der Waals surface area contributed by atoms with Crippen LogP contribution < -0.4 is 4.74 Å². The van der Waals surface area contributed by atoms with Crippen molar-refractivity contribution in [2.24, 2.45) is 0 Å². The van der Waals surface area contributed by atoms with E-state index < -0.39 is 0 Å². The summed E-state index contributed by atoms with van der Waals surface area (Å²) in [6, 6.07) is 31.0. The summed E-state index contributed by atoms with van der Waals surface area (Å²) in [6.45, 7) is 4.81. The Bertz CT molecular complexity index is 899. The normalized spacial score (nSPS) is 10.1. The first-order valence-corrected chi connectivity index (χ1v) is 11.0. The molecule has 0 aliphatic heterocycles. The van der Waals surface area contributed by atoms with E-state index in [1.165, 1.54) is 27.1 Å². The van der Waals surface area contributed by atoms with E-state index in [-0.39, 0.29) is 0 Å². The van der Waals surface area contributed by atoms with Gasteiger partial charge in [0.1, 0.15) is 12.4 Å². The molecule has 3 heteroatoms. The topological polar surface area (TPSA) is 22.1 Å². The van der Waals surface area contributed by atoms with Crippen molar-refractivity contribution in [3.8, 4) is 5.75 Å². The third-order valence-corrected chi connectivity index (χ3v) is 5.53. The second-order valence-corrected chi connectivity index (χ2v) is 8.09. The van der Waals surface area contributed by atoms with Gasteiger partial charge in [0.25, 0.3) is 0 Å². The van der Waals surface area contributed by atoms with Crippen molar-refractivity contribution < 1.29 is 4.74 Å². The van der Waals surface area contributed by atoms with Gasteiger partial charge in [0.15, 0.2) is 0 Å². The van der Waals surface area contributed by atoms with E-state index in [1.54, 1.807) is 0 Å². The number of aryl methyl sites for hydroxylation is 2. The monoisotopic (exact) mass is 413 g/mol. The molecular weight excluding hydrogens is 386 g/mol. The van der Waals surface area contributed by atoms with Gasteiger partial charge >= 0.3 is 0 Å². The summed E-state index contributed by atoms with van der Waals surface area (Å²) in [5.74, 6) is 1.93. The fraction of sp³-hybridized carbons (Fsp3) is 0.148. The van der Waals surface area contributed by atoms with Crippen LogP contribution in [0.15, 0.2) is 108 Å². The molecule has 0 aliphatic rings. The van der Waals surface area contributed by atoms with Gasteiger partial charge in [0, 0.05) is 23.0 Å². The number of aromatic nitrogens is 1. The average molecular weight is 414 g/mol. The molecule has 0 spiro atoms. The summed E-state index contributed by atoms with van der Waals surface area (Å²) in [7, 11) is 0. The zero-order chi connectivity index (χ0) is 21.0. The van der Waals surface area contributed by atoms with Crippen LogP contribution in [0.4, 0.5) is 0 Å². The van der Waals surface area contributed by atoms with Crippen molar-refractivity contribution in [1.29, 1.82) is 0 Å². The average Bonchev–Trinajstić information content (AvgIpc) is 2.80. The van der Waals surface area contributed by atoms with Crippen LogP contribution in [-0.2, 0) is 12.4 Å². The van der Waals surface area contributed by atoms with Gasteiger partial charge < -0.3 is 4.74 Å². The Kier molecular flexibility index (Phi) is 8.55. The Morgan fingerprint density at radius 3 is 1.90 bits per heavy atom. The van der Waals surface area contributed by atoms with Crippen molar-refractivity contribution in [3.63, 3.8) is 0 Å². The van der Waals surface area contributed by atoms with E-state index in [0.717, 1.165) is 11.5 Å². The van der Waals surface area contributed by atoms with Crippen LogP contribution in [-0.4, -0.2) is 4.98 Å². The molecular formula is C27H27NOS. The number of hydrogen-bond donors (Lipinski definition) is 0. The largest absolute Gasteiger partial charge is 0.489 e. The fourth-order valence-corrected chi connectivity index (χ4v) is 3.51. The first-order chi connectivity index (χ1) is 14.7. The number of benzene rings is 3. The maximum absolute atomic E-state index is 5.65. The Hall–Kier alpha value is -3.04. The Morgan fingerprint density at radius 2 is 1.27 bits per heavy atom. The first kappa shape index (κ1) is 21.7. The summed E-state index contributed by atoms with van der Waals surface area (Å²) in [4.78, 5) is 5.32. The molecule has 1 aromatic heterocycles. The van der Waals surface area contributed by atoms with Crippen LogP contribution in [0.3, 0.4) is 0 Å². The minimum Gasteiger partial charge on any atom is -0.489 e. The lowest BCUT2D eigenvalue weighted by molar-refractivity contribution is 0.306. The quantitative estimate of drug-likeness (QED) is 0.311. The van der Waals surface area contributed by atoms with Gasteiger partial charge in [-0.05, 0) is 61.4 Å². The van der Waals surface area contributed by atoms with Crippen LogP contribution in [0, 0.1) is 13.8 Å². The minimum absolute atomic E-state index is 0.629. The van der Waals surface area contributed by atoms with E-state index in [4.69, 9.17) is 4.74 Å². The minimum atomic E-state index is 0.629. The maximum Gasteiger partial charge on any atom is 0.119 e. The zero-order valence-electron chi connectivity index (χ0n) is 17.5. The number of rotatable bonds is 6. The van der Waals surface area contributed by atoms with Gasteiger partial charge in [0.05, 0.1) is 0 Å². The molecule has 0 atom stereocenters. The second-order valence-electron chi connectivity index (χ2n) is 7.04. The molecule has 4 aromatic rings. The van der Waals surface area contributed by atoms with Gasteiger partial charge in [0.2, 0.25) is 0 Å². The number of nitrogens with zero attached hydrogens (tertiary/aromatic N) is 1. The molecule has 0 saturated heterocycles. The van der Waals surface area contributed by atoms with Crippen LogP contribution in [0.25, 0.3) is 0 Å². The van der Waals surface area contributed by atoms with E-state index >= 15 is 0 Å². The van der Waals surface area contributed by atoms with Crippen molar-refractivity contribution in [2.45, 2.75) is 31.1 Å². The SMILES string of the molecule is Cc1ccc(OCc2ccccc2)cc1.Cc1ccc(SCc2ccncc2)cc1. The summed E-state index contributed by atoms with van der Waals surface area (Å²) in [6.07, 6.45) is 3.68. The van der Waals surface area contributed by atoms with Crippen LogP contribution in [0.2, 0.25) is 0 Å². The summed E-state index contributed by atoms with van der Waals surface area (Å²) >= 11 is 1.85. The molecule has 4 rings (SSSR count). The van der Waals surface area contributed by atoms with Crippen LogP contribution >= 0.6 is 11.8 Å². The van der Waals surface area contributed by atoms with E-state index in [0.29, 0.717) is 6.61 Å². The Morgan fingerprint density at radius 1 is 0.667 bits per heavy atom. The van der Waals surface area contributed by atoms with Gasteiger partial charge in [-0.1, -0.05) is 65.7 Å². The second kappa shape index (κ2) is 11.8. The zero-order valence-corrected chi connectivity index (χ0v) is 18.3. The summed E-state index contributed by atoms with van der Waals surface area (Å²) in [5.41, 5.74) is 5.07. The van der Waals surface area contributed by atoms with Crippen LogP contribution in [0.5, 0.6) is 5.75 Å². The molecule has 0 radical (unpaired) electrons. The molecule has 152 valence electrons. The van der Waals surface area contributed by atoms with Crippen molar-refractivity contribution in [2.75, 3.05) is 0 Å². The van der Waals surface area contributed by atoms with Gasteiger partial charge in [-0.25, -0.2) is 0 Å². The summed E-state index contributed by atoms with van der Waals surface area (Å²) < 4.78 is 5.65. The molecule has 0 bridgehead atoms. The number of hydrogen-bond acceptors (Lipinski definition) is 3. The van der Waals surface area contributed by atoms with Gasteiger partial charge in [-0.3, -0.25) is 4.98 Å². The number of thioether (sulfide) groups is 1. The highest BCUT2D eigenvalue weighted by Crippen LogP contribution is 2.22. The Balaban J connectivity index is 0.000000171. The van der Waals surface area contributed by atoms with Gasteiger partial charge in [-0.2, -0.15) is 0 Å². The molecule has 1 heterocycles. The first-order valence-electron chi connectivity index (χ1n) is 10.0. The summed E-state index contributed by atoms with van der Waals surface area (Å²) in [5, 5.41) is 0.